The first-order chi connectivity index (χ1) is 10.8. The van der Waals surface area contributed by atoms with Crippen molar-refractivity contribution >= 4 is 5.91 Å². The standard InChI is InChI=1S/C16H15F3N2O2/c1-2-14(22)21-7-6-15(10-20,11-21)23-9-12-4-3-5-13(8-12)16(17,18)19/h2-5,8H,1,6-7,9,11H2. The third-order valence-corrected chi connectivity index (χ3v) is 3.69. The fourth-order valence-electron chi connectivity index (χ4n) is 2.40. The van der Waals surface area contributed by atoms with Gasteiger partial charge in [-0.15, -0.1) is 0 Å². The number of carbonyl (C=O) groups is 1. The normalized spacial score (nSPS) is 21.0. The molecule has 0 radical (unpaired) electrons. The Hall–Kier alpha value is -2.33. The van der Waals surface area contributed by atoms with Gasteiger partial charge in [-0.1, -0.05) is 18.7 Å². The molecule has 4 nitrogen and oxygen atoms in total. The van der Waals surface area contributed by atoms with E-state index in [2.05, 4.69) is 6.58 Å². The molecule has 0 spiro atoms. The number of nitriles is 1. The Labute approximate surface area is 131 Å². The van der Waals surface area contributed by atoms with Crippen LogP contribution >= 0.6 is 0 Å². The summed E-state index contributed by atoms with van der Waals surface area (Å²) in [7, 11) is 0. The number of amides is 1. The molecule has 0 aromatic heterocycles. The molecule has 1 fully saturated rings. The lowest BCUT2D eigenvalue weighted by atomic mass is 10.1. The smallest absolute Gasteiger partial charge is 0.353 e. The Morgan fingerprint density at radius 1 is 1.52 bits per heavy atom. The minimum atomic E-state index is -4.43. The summed E-state index contributed by atoms with van der Waals surface area (Å²) in [6, 6.07) is 6.79. The van der Waals surface area contributed by atoms with Crippen molar-refractivity contribution in [1.82, 2.24) is 4.90 Å². The number of likely N-dealkylation sites (tertiary alicyclic amines) is 1. The molecule has 0 aliphatic carbocycles. The van der Waals surface area contributed by atoms with Crippen LogP contribution < -0.4 is 0 Å². The van der Waals surface area contributed by atoms with Crippen molar-refractivity contribution < 1.29 is 22.7 Å². The van der Waals surface area contributed by atoms with Crippen molar-refractivity contribution in [2.45, 2.75) is 24.8 Å². The van der Waals surface area contributed by atoms with Gasteiger partial charge in [0.1, 0.15) is 0 Å². The number of halogens is 3. The van der Waals surface area contributed by atoms with Crippen molar-refractivity contribution in [1.29, 1.82) is 5.26 Å². The minimum Gasteiger partial charge on any atom is -0.353 e. The number of hydrogen-bond donors (Lipinski definition) is 0. The van der Waals surface area contributed by atoms with Gasteiger partial charge in [-0.3, -0.25) is 4.79 Å². The van der Waals surface area contributed by atoms with Gasteiger partial charge in [-0.25, -0.2) is 0 Å². The Morgan fingerprint density at radius 2 is 2.26 bits per heavy atom. The van der Waals surface area contributed by atoms with Crippen LogP contribution in [0.1, 0.15) is 17.5 Å². The lowest BCUT2D eigenvalue weighted by Gasteiger charge is -2.22. The molecule has 23 heavy (non-hydrogen) atoms. The van der Waals surface area contributed by atoms with Gasteiger partial charge < -0.3 is 9.64 Å². The van der Waals surface area contributed by atoms with Crippen molar-refractivity contribution in [3.8, 4) is 6.07 Å². The van der Waals surface area contributed by atoms with E-state index in [1.807, 2.05) is 6.07 Å². The molecule has 1 aromatic rings. The van der Waals surface area contributed by atoms with E-state index >= 15 is 0 Å². The first kappa shape index (κ1) is 17.0. The van der Waals surface area contributed by atoms with Crippen LogP contribution in [0.15, 0.2) is 36.9 Å². The average Bonchev–Trinajstić information content (AvgIpc) is 2.97. The van der Waals surface area contributed by atoms with Gasteiger partial charge >= 0.3 is 6.18 Å². The SMILES string of the molecule is C=CC(=O)N1CCC(C#N)(OCc2cccc(C(F)(F)F)c2)C1. The maximum absolute atomic E-state index is 12.7. The van der Waals surface area contributed by atoms with E-state index in [0.29, 0.717) is 18.5 Å². The van der Waals surface area contributed by atoms with Crippen LogP contribution in [-0.4, -0.2) is 29.5 Å². The van der Waals surface area contributed by atoms with Crippen molar-refractivity contribution in [3.63, 3.8) is 0 Å². The topological polar surface area (TPSA) is 53.3 Å². The third-order valence-electron chi connectivity index (χ3n) is 3.69. The molecule has 1 aromatic carbocycles. The van der Waals surface area contributed by atoms with Gasteiger partial charge in [0, 0.05) is 13.0 Å². The first-order valence-electron chi connectivity index (χ1n) is 6.92. The minimum absolute atomic E-state index is 0.0767. The third kappa shape index (κ3) is 3.90. The van der Waals surface area contributed by atoms with E-state index in [1.54, 1.807) is 0 Å². The van der Waals surface area contributed by atoms with Crippen molar-refractivity contribution in [2.24, 2.45) is 0 Å². The molecular formula is C16H15F3N2O2. The van der Waals surface area contributed by atoms with Crippen molar-refractivity contribution in [3.05, 3.63) is 48.0 Å². The Kier molecular flexibility index (Phi) is 4.76. The zero-order valence-corrected chi connectivity index (χ0v) is 12.3. The molecule has 0 saturated carbocycles. The van der Waals surface area contributed by atoms with Gasteiger partial charge in [0.05, 0.1) is 24.8 Å². The zero-order chi connectivity index (χ0) is 17.1. The number of benzene rings is 1. The lowest BCUT2D eigenvalue weighted by molar-refractivity contribution is -0.137. The molecule has 0 bridgehead atoms. The number of nitrogens with zero attached hydrogens (tertiary/aromatic N) is 2. The second-order valence-electron chi connectivity index (χ2n) is 5.31. The van der Waals surface area contributed by atoms with E-state index in [4.69, 9.17) is 4.74 Å². The summed E-state index contributed by atoms with van der Waals surface area (Å²) in [6.07, 6.45) is -2.97. The molecule has 1 saturated heterocycles. The van der Waals surface area contributed by atoms with Crippen LogP contribution in [0, 0.1) is 11.3 Å². The van der Waals surface area contributed by atoms with Crippen LogP contribution in [-0.2, 0) is 22.3 Å². The zero-order valence-electron chi connectivity index (χ0n) is 12.3. The fraction of sp³-hybridized carbons (Fsp3) is 0.375. The molecular weight excluding hydrogens is 309 g/mol. The predicted octanol–water partition coefficient (Wildman–Crippen LogP) is 2.90. The van der Waals surface area contributed by atoms with E-state index in [9.17, 15) is 23.2 Å². The highest BCUT2D eigenvalue weighted by molar-refractivity contribution is 5.87. The fourth-order valence-corrected chi connectivity index (χ4v) is 2.40. The quantitative estimate of drug-likeness (QED) is 0.800. The molecule has 1 amide bonds. The molecule has 122 valence electrons. The number of ether oxygens (including phenoxy) is 1. The second-order valence-corrected chi connectivity index (χ2v) is 5.31. The molecule has 0 N–H and O–H groups in total. The molecule has 1 unspecified atom stereocenters. The summed E-state index contributed by atoms with van der Waals surface area (Å²) < 4.78 is 43.6. The van der Waals surface area contributed by atoms with Crippen LogP contribution in [0.4, 0.5) is 13.2 Å². The highest BCUT2D eigenvalue weighted by atomic mass is 19.4. The van der Waals surface area contributed by atoms with Crippen molar-refractivity contribution in [2.75, 3.05) is 13.1 Å². The van der Waals surface area contributed by atoms with Gasteiger partial charge in [0.15, 0.2) is 5.60 Å². The molecule has 1 atom stereocenters. The maximum atomic E-state index is 12.7. The summed E-state index contributed by atoms with van der Waals surface area (Å²) in [6.45, 7) is 3.68. The summed E-state index contributed by atoms with van der Waals surface area (Å²) in [5.74, 6) is -0.301. The average molecular weight is 324 g/mol. The van der Waals surface area contributed by atoms with E-state index in [1.165, 1.54) is 17.0 Å². The predicted molar refractivity (Wildman–Crippen MR) is 76.0 cm³/mol. The van der Waals surface area contributed by atoms with E-state index in [-0.39, 0.29) is 19.1 Å². The van der Waals surface area contributed by atoms with Gasteiger partial charge in [-0.05, 0) is 23.8 Å². The van der Waals surface area contributed by atoms with Gasteiger partial charge in [0.25, 0.3) is 0 Å². The lowest BCUT2D eigenvalue weighted by Crippen LogP contribution is -2.36. The Bertz CT molecular complexity index is 651. The maximum Gasteiger partial charge on any atom is 0.416 e. The first-order valence-corrected chi connectivity index (χ1v) is 6.92. The molecule has 2 rings (SSSR count). The molecule has 1 aliphatic heterocycles. The van der Waals surface area contributed by atoms with E-state index < -0.39 is 17.3 Å². The monoisotopic (exact) mass is 324 g/mol. The number of rotatable bonds is 4. The summed E-state index contributed by atoms with van der Waals surface area (Å²) in [5, 5.41) is 9.33. The number of hydrogen-bond acceptors (Lipinski definition) is 3. The largest absolute Gasteiger partial charge is 0.416 e. The molecule has 1 heterocycles. The Balaban J connectivity index is 2.06. The van der Waals surface area contributed by atoms with Crippen LogP contribution in [0.25, 0.3) is 0 Å². The highest BCUT2D eigenvalue weighted by Crippen LogP contribution is 2.31. The second kappa shape index (κ2) is 6.42. The van der Waals surface area contributed by atoms with Gasteiger partial charge in [0.2, 0.25) is 5.91 Å². The highest BCUT2D eigenvalue weighted by Gasteiger charge is 2.41. The summed E-state index contributed by atoms with van der Waals surface area (Å²) >= 11 is 0. The van der Waals surface area contributed by atoms with Crippen LogP contribution in [0.3, 0.4) is 0 Å². The van der Waals surface area contributed by atoms with Crippen LogP contribution in [0.5, 0.6) is 0 Å². The summed E-state index contributed by atoms with van der Waals surface area (Å²) in [5.41, 5.74) is -1.64. The van der Waals surface area contributed by atoms with E-state index in [0.717, 1.165) is 18.2 Å². The number of alkyl halides is 3. The molecule has 1 aliphatic rings. The van der Waals surface area contributed by atoms with Crippen LogP contribution in [0.2, 0.25) is 0 Å². The van der Waals surface area contributed by atoms with Gasteiger partial charge in [-0.2, -0.15) is 18.4 Å². The Morgan fingerprint density at radius 3 is 2.87 bits per heavy atom. The summed E-state index contributed by atoms with van der Waals surface area (Å²) in [4.78, 5) is 13.0. The molecule has 7 heteroatoms. The number of carbonyl (C=O) groups excluding carboxylic acids is 1.